The summed E-state index contributed by atoms with van der Waals surface area (Å²) in [5.41, 5.74) is 0.582. The average molecular weight is 221 g/mol. The third kappa shape index (κ3) is 1.44. The van der Waals surface area contributed by atoms with Crippen molar-refractivity contribution in [3.63, 3.8) is 0 Å². The lowest BCUT2D eigenvalue weighted by Gasteiger charge is -2.05. The van der Waals surface area contributed by atoms with Gasteiger partial charge in [-0.05, 0) is 34.4 Å². The SMILES string of the molecule is N#Cc1cc2cc(F)ccc2c2ccccc12. The first-order valence-electron chi connectivity index (χ1n) is 5.31. The van der Waals surface area contributed by atoms with Gasteiger partial charge >= 0.3 is 0 Å². The summed E-state index contributed by atoms with van der Waals surface area (Å²) in [5, 5.41) is 12.8. The number of halogens is 1. The van der Waals surface area contributed by atoms with Crippen LogP contribution >= 0.6 is 0 Å². The summed E-state index contributed by atoms with van der Waals surface area (Å²) in [6.45, 7) is 0. The molecule has 0 bridgehead atoms. The fourth-order valence-corrected chi connectivity index (χ4v) is 2.18. The minimum absolute atomic E-state index is 0.281. The molecule has 17 heavy (non-hydrogen) atoms. The van der Waals surface area contributed by atoms with E-state index in [1.165, 1.54) is 12.1 Å². The highest BCUT2D eigenvalue weighted by molar-refractivity contribution is 6.09. The second-order valence-corrected chi connectivity index (χ2v) is 3.95. The van der Waals surface area contributed by atoms with Crippen LogP contribution in [0.2, 0.25) is 0 Å². The van der Waals surface area contributed by atoms with E-state index in [1.807, 2.05) is 24.3 Å². The van der Waals surface area contributed by atoms with Crippen molar-refractivity contribution in [1.29, 1.82) is 5.26 Å². The first kappa shape index (κ1) is 9.80. The standard InChI is InChI=1S/C15H8FN/c16-12-5-6-14-10(8-12)7-11(9-17)13-3-1-2-4-15(13)14/h1-8H. The van der Waals surface area contributed by atoms with Crippen molar-refractivity contribution in [2.45, 2.75) is 0 Å². The third-order valence-electron chi connectivity index (χ3n) is 2.94. The molecule has 1 nitrogen and oxygen atoms in total. The van der Waals surface area contributed by atoms with E-state index in [4.69, 9.17) is 5.26 Å². The summed E-state index contributed by atoms with van der Waals surface area (Å²) in [6.07, 6.45) is 0. The molecule has 3 rings (SSSR count). The molecule has 0 radical (unpaired) electrons. The van der Waals surface area contributed by atoms with Crippen LogP contribution in [0, 0.1) is 17.1 Å². The van der Waals surface area contributed by atoms with Gasteiger partial charge < -0.3 is 0 Å². The molecule has 0 aliphatic carbocycles. The number of nitriles is 1. The fraction of sp³-hybridized carbons (Fsp3) is 0. The molecule has 2 heteroatoms. The van der Waals surface area contributed by atoms with E-state index < -0.39 is 0 Å². The maximum atomic E-state index is 13.2. The van der Waals surface area contributed by atoms with E-state index in [-0.39, 0.29) is 5.82 Å². The molecule has 0 heterocycles. The quantitative estimate of drug-likeness (QED) is 0.526. The van der Waals surface area contributed by atoms with Crippen LogP contribution in [0.3, 0.4) is 0 Å². The van der Waals surface area contributed by atoms with Gasteiger partial charge in [-0.1, -0.05) is 30.3 Å². The highest BCUT2D eigenvalue weighted by Crippen LogP contribution is 2.28. The first-order chi connectivity index (χ1) is 8.29. The Morgan fingerprint density at radius 2 is 1.65 bits per heavy atom. The Labute approximate surface area is 97.7 Å². The van der Waals surface area contributed by atoms with Gasteiger partial charge in [0.1, 0.15) is 5.82 Å². The Morgan fingerprint density at radius 1 is 0.882 bits per heavy atom. The van der Waals surface area contributed by atoms with Crippen LogP contribution < -0.4 is 0 Å². The van der Waals surface area contributed by atoms with Crippen LogP contribution in [-0.2, 0) is 0 Å². The van der Waals surface area contributed by atoms with Crippen LogP contribution in [0.4, 0.5) is 4.39 Å². The van der Waals surface area contributed by atoms with Crippen molar-refractivity contribution in [1.82, 2.24) is 0 Å². The van der Waals surface area contributed by atoms with Gasteiger partial charge in [-0.25, -0.2) is 4.39 Å². The smallest absolute Gasteiger partial charge is 0.123 e. The van der Waals surface area contributed by atoms with Gasteiger partial charge in [-0.2, -0.15) is 5.26 Å². The Bertz CT molecular complexity index is 769. The van der Waals surface area contributed by atoms with Crippen LogP contribution in [0.25, 0.3) is 21.5 Å². The second-order valence-electron chi connectivity index (χ2n) is 3.95. The summed E-state index contributed by atoms with van der Waals surface area (Å²) in [6, 6.07) is 16.3. The monoisotopic (exact) mass is 221 g/mol. The van der Waals surface area contributed by atoms with Crippen molar-refractivity contribution < 1.29 is 4.39 Å². The molecule has 3 aromatic carbocycles. The van der Waals surface area contributed by atoms with Gasteiger partial charge in [0.15, 0.2) is 0 Å². The summed E-state index contributed by atoms with van der Waals surface area (Å²) in [7, 11) is 0. The van der Waals surface area contributed by atoms with Gasteiger partial charge in [-0.15, -0.1) is 0 Å². The predicted octanol–water partition coefficient (Wildman–Crippen LogP) is 4.00. The summed E-state index contributed by atoms with van der Waals surface area (Å²) >= 11 is 0. The van der Waals surface area contributed by atoms with E-state index in [9.17, 15) is 4.39 Å². The molecule has 0 saturated carbocycles. The maximum Gasteiger partial charge on any atom is 0.123 e. The molecule has 0 saturated heterocycles. The van der Waals surface area contributed by atoms with Gasteiger partial charge in [0.05, 0.1) is 11.6 Å². The largest absolute Gasteiger partial charge is 0.207 e. The molecule has 0 amide bonds. The zero-order chi connectivity index (χ0) is 11.8. The van der Waals surface area contributed by atoms with E-state index in [1.54, 1.807) is 12.1 Å². The Balaban J connectivity index is 2.60. The second kappa shape index (κ2) is 3.57. The molecule has 0 atom stereocenters. The van der Waals surface area contributed by atoms with Crippen LogP contribution in [-0.4, -0.2) is 0 Å². The van der Waals surface area contributed by atoms with Gasteiger partial charge in [-0.3, -0.25) is 0 Å². The van der Waals surface area contributed by atoms with Crippen molar-refractivity contribution in [3.05, 3.63) is 59.9 Å². The first-order valence-corrected chi connectivity index (χ1v) is 5.31. The fourth-order valence-electron chi connectivity index (χ4n) is 2.18. The predicted molar refractivity (Wildman–Crippen MR) is 66.1 cm³/mol. The maximum absolute atomic E-state index is 13.2. The lowest BCUT2D eigenvalue weighted by Crippen LogP contribution is -1.84. The zero-order valence-corrected chi connectivity index (χ0v) is 8.94. The van der Waals surface area contributed by atoms with Crippen molar-refractivity contribution >= 4 is 21.5 Å². The summed E-state index contributed by atoms with van der Waals surface area (Å²) < 4.78 is 13.2. The molecule has 0 unspecified atom stereocenters. The van der Waals surface area contributed by atoms with Gasteiger partial charge in [0.2, 0.25) is 0 Å². The highest BCUT2D eigenvalue weighted by atomic mass is 19.1. The van der Waals surface area contributed by atoms with Gasteiger partial charge in [0.25, 0.3) is 0 Å². The van der Waals surface area contributed by atoms with E-state index in [0.717, 1.165) is 21.5 Å². The van der Waals surface area contributed by atoms with Crippen LogP contribution in [0.1, 0.15) is 5.56 Å². The minimum Gasteiger partial charge on any atom is -0.207 e. The molecule has 0 fully saturated rings. The number of hydrogen-bond donors (Lipinski definition) is 0. The number of hydrogen-bond acceptors (Lipinski definition) is 1. The Kier molecular flexibility index (Phi) is 2.06. The summed E-state index contributed by atoms with van der Waals surface area (Å²) in [4.78, 5) is 0. The van der Waals surface area contributed by atoms with Gasteiger partial charge in [0, 0.05) is 5.39 Å². The van der Waals surface area contributed by atoms with Crippen molar-refractivity contribution in [2.75, 3.05) is 0 Å². The molecule has 0 N–H and O–H groups in total. The normalized spacial score (nSPS) is 10.6. The average Bonchev–Trinajstić information content (AvgIpc) is 2.37. The molecule has 0 aromatic heterocycles. The zero-order valence-electron chi connectivity index (χ0n) is 8.94. The number of benzene rings is 3. The molecule has 80 valence electrons. The number of nitrogens with zero attached hydrogens (tertiary/aromatic N) is 1. The topological polar surface area (TPSA) is 23.8 Å². The molecule has 3 aromatic rings. The lowest BCUT2D eigenvalue weighted by molar-refractivity contribution is 0.630. The summed E-state index contributed by atoms with van der Waals surface area (Å²) in [5.74, 6) is -0.281. The molecular formula is C15H8FN. The lowest BCUT2D eigenvalue weighted by atomic mass is 9.98. The molecular weight excluding hydrogens is 213 g/mol. The van der Waals surface area contributed by atoms with Crippen LogP contribution in [0.5, 0.6) is 0 Å². The molecule has 0 spiro atoms. The van der Waals surface area contributed by atoms with Crippen LogP contribution in [0.15, 0.2) is 48.5 Å². The van der Waals surface area contributed by atoms with Crippen molar-refractivity contribution in [3.8, 4) is 6.07 Å². The Morgan fingerprint density at radius 3 is 2.41 bits per heavy atom. The number of fused-ring (bicyclic) bond motifs is 3. The number of rotatable bonds is 0. The molecule has 0 aliphatic heterocycles. The third-order valence-corrected chi connectivity index (χ3v) is 2.94. The minimum atomic E-state index is -0.281. The molecule has 0 aliphatic rings. The Hall–Kier alpha value is -2.40. The van der Waals surface area contributed by atoms with E-state index in [2.05, 4.69) is 6.07 Å². The highest BCUT2D eigenvalue weighted by Gasteiger charge is 2.06. The van der Waals surface area contributed by atoms with E-state index >= 15 is 0 Å². The van der Waals surface area contributed by atoms with E-state index in [0.29, 0.717) is 5.56 Å². The van der Waals surface area contributed by atoms with Crippen molar-refractivity contribution in [2.24, 2.45) is 0 Å².